The number of aryl methyl sites for hydroxylation is 1. The third-order valence-corrected chi connectivity index (χ3v) is 3.01. The van der Waals surface area contributed by atoms with Crippen molar-refractivity contribution in [3.05, 3.63) is 42.0 Å². The van der Waals surface area contributed by atoms with Crippen LogP contribution in [0.4, 0.5) is 0 Å². The van der Waals surface area contributed by atoms with Crippen molar-refractivity contribution in [1.82, 2.24) is 15.0 Å². The standard InChI is InChI=1S/C15H15N3O2/c1-3-20-11-5-6-12-13(9-11)17-18(16-12)14-7-4-10(2)8-15(14)19/h4-9,19H,3H2,1-2H3. The molecule has 102 valence electrons. The molecule has 1 aromatic heterocycles. The number of aromatic nitrogens is 3. The van der Waals surface area contributed by atoms with Crippen LogP contribution in [0.5, 0.6) is 11.5 Å². The summed E-state index contributed by atoms with van der Waals surface area (Å²) in [5.74, 6) is 0.926. The van der Waals surface area contributed by atoms with Gasteiger partial charge in [-0.25, -0.2) is 0 Å². The molecule has 0 spiro atoms. The second-order valence-electron chi connectivity index (χ2n) is 4.57. The summed E-state index contributed by atoms with van der Waals surface area (Å²) in [4.78, 5) is 1.44. The summed E-state index contributed by atoms with van der Waals surface area (Å²) in [6.45, 7) is 4.47. The second-order valence-corrected chi connectivity index (χ2v) is 4.57. The summed E-state index contributed by atoms with van der Waals surface area (Å²) in [5.41, 5.74) is 3.04. The maximum Gasteiger partial charge on any atom is 0.143 e. The van der Waals surface area contributed by atoms with Crippen molar-refractivity contribution < 1.29 is 9.84 Å². The molecular formula is C15H15N3O2. The van der Waals surface area contributed by atoms with Gasteiger partial charge in [-0.05, 0) is 43.7 Å². The second kappa shape index (κ2) is 4.85. The smallest absolute Gasteiger partial charge is 0.143 e. The first-order valence-corrected chi connectivity index (χ1v) is 6.47. The summed E-state index contributed by atoms with van der Waals surface area (Å²) in [6.07, 6.45) is 0. The van der Waals surface area contributed by atoms with E-state index in [0.29, 0.717) is 12.3 Å². The van der Waals surface area contributed by atoms with E-state index in [9.17, 15) is 5.11 Å². The lowest BCUT2D eigenvalue weighted by atomic mass is 10.2. The normalized spacial score (nSPS) is 10.9. The number of phenolic OH excluding ortho intramolecular Hbond substituents is 1. The van der Waals surface area contributed by atoms with Crippen LogP contribution in [-0.2, 0) is 0 Å². The van der Waals surface area contributed by atoms with Crippen LogP contribution in [0.3, 0.4) is 0 Å². The highest BCUT2D eigenvalue weighted by molar-refractivity contribution is 5.75. The summed E-state index contributed by atoms with van der Waals surface area (Å²) in [5, 5.41) is 18.7. The van der Waals surface area contributed by atoms with Crippen LogP contribution in [0.2, 0.25) is 0 Å². The van der Waals surface area contributed by atoms with E-state index in [1.165, 1.54) is 4.80 Å². The lowest BCUT2D eigenvalue weighted by molar-refractivity contribution is 0.340. The van der Waals surface area contributed by atoms with E-state index < -0.39 is 0 Å². The monoisotopic (exact) mass is 269 g/mol. The fourth-order valence-corrected chi connectivity index (χ4v) is 2.06. The van der Waals surface area contributed by atoms with Crippen LogP contribution in [-0.4, -0.2) is 26.7 Å². The summed E-state index contributed by atoms with van der Waals surface area (Å²) in [6, 6.07) is 11.0. The van der Waals surface area contributed by atoms with E-state index >= 15 is 0 Å². The van der Waals surface area contributed by atoms with Crippen LogP contribution in [0, 0.1) is 6.92 Å². The molecule has 0 fully saturated rings. The Bertz CT molecular complexity index is 765. The zero-order valence-corrected chi connectivity index (χ0v) is 11.4. The van der Waals surface area contributed by atoms with Crippen LogP contribution in [0.25, 0.3) is 16.7 Å². The number of hydrogen-bond acceptors (Lipinski definition) is 4. The Morgan fingerprint density at radius 1 is 1.10 bits per heavy atom. The zero-order valence-electron chi connectivity index (χ0n) is 11.4. The average molecular weight is 269 g/mol. The predicted octanol–water partition coefficient (Wildman–Crippen LogP) is 2.83. The molecule has 0 radical (unpaired) electrons. The van der Waals surface area contributed by atoms with E-state index in [4.69, 9.17) is 4.74 Å². The van der Waals surface area contributed by atoms with Gasteiger partial charge in [-0.15, -0.1) is 15.0 Å². The molecular weight excluding hydrogens is 254 g/mol. The molecule has 0 bridgehead atoms. The maximum absolute atomic E-state index is 9.98. The van der Waals surface area contributed by atoms with Gasteiger partial charge in [-0.3, -0.25) is 0 Å². The Morgan fingerprint density at radius 2 is 1.90 bits per heavy atom. The van der Waals surface area contributed by atoms with Crippen LogP contribution >= 0.6 is 0 Å². The molecule has 0 saturated carbocycles. The molecule has 0 aliphatic carbocycles. The van der Waals surface area contributed by atoms with E-state index in [1.807, 2.05) is 38.1 Å². The Kier molecular flexibility index (Phi) is 3.02. The molecule has 1 N–H and O–H groups in total. The van der Waals surface area contributed by atoms with Gasteiger partial charge < -0.3 is 9.84 Å². The molecule has 2 aromatic carbocycles. The molecule has 0 unspecified atom stereocenters. The molecule has 0 amide bonds. The maximum atomic E-state index is 9.98. The van der Waals surface area contributed by atoms with Crippen molar-refractivity contribution in [2.45, 2.75) is 13.8 Å². The fraction of sp³-hybridized carbons (Fsp3) is 0.200. The van der Waals surface area contributed by atoms with E-state index in [0.717, 1.165) is 22.3 Å². The van der Waals surface area contributed by atoms with Gasteiger partial charge in [0.2, 0.25) is 0 Å². The Balaban J connectivity index is 2.08. The van der Waals surface area contributed by atoms with Crippen molar-refractivity contribution in [3.8, 4) is 17.2 Å². The molecule has 0 aliphatic heterocycles. The third-order valence-electron chi connectivity index (χ3n) is 3.01. The number of benzene rings is 2. The number of hydrogen-bond donors (Lipinski definition) is 1. The first kappa shape index (κ1) is 12.5. The van der Waals surface area contributed by atoms with Gasteiger partial charge >= 0.3 is 0 Å². The number of rotatable bonds is 3. The number of fused-ring (bicyclic) bond motifs is 1. The highest BCUT2D eigenvalue weighted by atomic mass is 16.5. The van der Waals surface area contributed by atoms with Gasteiger partial charge in [0, 0.05) is 6.07 Å². The number of nitrogens with zero attached hydrogens (tertiary/aromatic N) is 3. The first-order chi connectivity index (χ1) is 9.67. The van der Waals surface area contributed by atoms with Gasteiger partial charge in [0.05, 0.1) is 6.61 Å². The molecule has 0 aliphatic rings. The highest BCUT2D eigenvalue weighted by Gasteiger charge is 2.09. The van der Waals surface area contributed by atoms with E-state index in [-0.39, 0.29) is 5.75 Å². The topological polar surface area (TPSA) is 60.2 Å². The predicted molar refractivity (Wildman–Crippen MR) is 76.4 cm³/mol. The van der Waals surface area contributed by atoms with Crippen molar-refractivity contribution in [2.24, 2.45) is 0 Å². The lowest BCUT2D eigenvalue weighted by Crippen LogP contribution is -1.98. The van der Waals surface area contributed by atoms with Gasteiger partial charge in [0.15, 0.2) is 0 Å². The Labute approximate surface area is 116 Å². The van der Waals surface area contributed by atoms with Crippen LogP contribution < -0.4 is 4.74 Å². The molecule has 5 nitrogen and oxygen atoms in total. The van der Waals surface area contributed by atoms with Gasteiger partial charge in [0.1, 0.15) is 28.2 Å². The van der Waals surface area contributed by atoms with Gasteiger partial charge in [0.25, 0.3) is 0 Å². The zero-order chi connectivity index (χ0) is 14.1. The Hall–Kier alpha value is -2.56. The molecule has 3 aromatic rings. The highest BCUT2D eigenvalue weighted by Crippen LogP contribution is 2.24. The summed E-state index contributed by atoms with van der Waals surface area (Å²) >= 11 is 0. The van der Waals surface area contributed by atoms with Crippen molar-refractivity contribution in [2.75, 3.05) is 6.61 Å². The Morgan fingerprint density at radius 3 is 2.65 bits per heavy atom. The molecule has 1 heterocycles. The fourth-order valence-electron chi connectivity index (χ4n) is 2.06. The average Bonchev–Trinajstić information content (AvgIpc) is 2.81. The first-order valence-electron chi connectivity index (χ1n) is 6.47. The van der Waals surface area contributed by atoms with Crippen molar-refractivity contribution in [1.29, 1.82) is 0 Å². The molecule has 5 heteroatoms. The van der Waals surface area contributed by atoms with Crippen molar-refractivity contribution in [3.63, 3.8) is 0 Å². The van der Waals surface area contributed by atoms with E-state index in [2.05, 4.69) is 10.2 Å². The molecule has 0 atom stereocenters. The van der Waals surface area contributed by atoms with Crippen LogP contribution in [0.15, 0.2) is 36.4 Å². The third kappa shape index (κ3) is 2.18. The summed E-state index contributed by atoms with van der Waals surface area (Å²) in [7, 11) is 0. The molecule has 3 rings (SSSR count). The summed E-state index contributed by atoms with van der Waals surface area (Å²) < 4.78 is 5.44. The SMILES string of the molecule is CCOc1ccc2nn(-c3ccc(C)cc3O)nc2c1. The van der Waals surface area contributed by atoms with Gasteiger partial charge in [-0.1, -0.05) is 6.07 Å². The van der Waals surface area contributed by atoms with E-state index in [1.54, 1.807) is 12.1 Å². The largest absolute Gasteiger partial charge is 0.506 e. The minimum Gasteiger partial charge on any atom is -0.506 e. The number of phenols is 1. The minimum absolute atomic E-state index is 0.162. The molecule has 0 saturated heterocycles. The number of ether oxygens (including phenoxy) is 1. The lowest BCUT2D eigenvalue weighted by Gasteiger charge is -2.03. The van der Waals surface area contributed by atoms with Crippen LogP contribution in [0.1, 0.15) is 12.5 Å². The number of aromatic hydroxyl groups is 1. The van der Waals surface area contributed by atoms with Crippen molar-refractivity contribution >= 4 is 11.0 Å². The minimum atomic E-state index is 0.162. The quantitative estimate of drug-likeness (QED) is 0.794. The molecule has 20 heavy (non-hydrogen) atoms. The van der Waals surface area contributed by atoms with Gasteiger partial charge in [-0.2, -0.15) is 0 Å².